The van der Waals surface area contributed by atoms with Crippen LogP contribution in [0.2, 0.25) is 0 Å². The average Bonchev–Trinajstić information content (AvgIpc) is 3.09. The minimum atomic E-state index is -1.17. The Kier molecular flexibility index (Phi) is 6.10. The van der Waals surface area contributed by atoms with E-state index >= 15 is 0 Å². The summed E-state index contributed by atoms with van der Waals surface area (Å²) in [5.41, 5.74) is 1.09. The largest absolute Gasteiger partial charge is 0.292 e. The first-order chi connectivity index (χ1) is 16.2. The molecule has 2 aromatic rings. The van der Waals surface area contributed by atoms with Crippen LogP contribution in [0, 0.1) is 28.9 Å². The number of fused-ring (bicyclic) bond motifs is 1. The third kappa shape index (κ3) is 4.00. The zero-order valence-corrected chi connectivity index (χ0v) is 18.7. The zero-order chi connectivity index (χ0) is 24.6. The number of hydrogen-bond donors (Lipinski definition) is 0. The lowest BCUT2D eigenvalue weighted by Gasteiger charge is -2.34. The normalized spacial score (nSPS) is 20.1. The SMILES string of the molecule is Cc1ccc(C(=O)[C@@H](C)N(C(=O)c2ccc([N+](=O)[O-])cc2)N2C(=O)[C@H]3CC=CC[C@H]3C2=O)cc1. The van der Waals surface area contributed by atoms with E-state index in [-0.39, 0.29) is 11.3 Å². The lowest BCUT2D eigenvalue weighted by molar-refractivity contribution is -0.384. The first kappa shape index (κ1) is 23.0. The van der Waals surface area contributed by atoms with Gasteiger partial charge in [0.25, 0.3) is 23.4 Å². The highest BCUT2D eigenvalue weighted by Gasteiger charge is 2.52. The van der Waals surface area contributed by atoms with Gasteiger partial charge in [-0.05, 0) is 38.8 Å². The van der Waals surface area contributed by atoms with E-state index < -0.39 is 46.3 Å². The van der Waals surface area contributed by atoms with Crippen molar-refractivity contribution in [3.63, 3.8) is 0 Å². The fraction of sp³-hybridized carbons (Fsp3) is 0.280. The van der Waals surface area contributed by atoms with Crippen LogP contribution in [0.15, 0.2) is 60.7 Å². The Morgan fingerprint density at radius 1 is 0.941 bits per heavy atom. The van der Waals surface area contributed by atoms with Gasteiger partial charge in [0.1, 0.15) is 6.04 Å². The molecule has 2 aliphatic rings. The zero-order valence-electron chi connectivity index (χ0n) is 18.7. The number of Topliss-reactive ketones (excluding diaryl/α,β-unsaturated/α-hetero) is 1. The number of nitrogens with zero attached hydrogens (tertiary/aromatic N) is 3. The first-order valence-corrected chi connectivity index (χ1v) is 10.9. The van der Waals surface area contributed by atoms with E-state index in [1.165, 1.54) is 19.1 Å². The summed E-state index contributed by atoms with van der Waals surface area (Å²) >= 11 is 0. The van der Waals surface area contributed by atoms with Gasteiger partial charge in [0.15, 0.2) is 5.78 Å². The van der Waals surface area contributed by atoms with E-state index in [2.05, 4.69) is 0 Å². The number of imide groups is 1. The second-order valence-corrected chi connectivity index (χ2v) is 8.50. The second-order valence-electron chi connectivity index (χ2n) is 8.50. The topological polar surface area (TPSA) is 118 Å². The van der Waals surface area contributed by atoms with Gasteiger partial charge in [0, 0.05) is 23.3 Å². The van der Waals surface area contributed by atoms with Gasteiger partial charge in [0.2, 0.25) is 0 Å². The minimum Gasteiger partial charge on any atom is -0.292 e. The summed E-state index contributed by atoms with van der Waals surface area (Å²) in [5.74, 6) is -3.45. The number of allylic oxidation sites excluding steroid dienone is 2. The van der Waals surface area contributed by atoms with Crippen molar-refractivity contribution in [2.75, 3.05) is 0 Å². The fourth-order valence-electron chi connectivity index (χ4n) is 4.36. The number of rotatable bonds is 6. The number of nitro benzene ring substituents is 1. The predicted octanol–water partition coefficient (Wildman–Crippen LogP) is 3.48. The molecular formula is C25H23N3O6. The van der Waals surface area contributed by atoms with Crippen molar-refractivity contribution in [2.24, 2.45) is 11.8 Å². The molecule has 0 spiro atoms. The van der Waals surface area contributed by atoms with E-state index in [0.29, 0.717) is 18.4 Å². The Bertz CT molecular complexity index is 1180. The third-order valence-corrected chi connectivity index (χ3v) is 6.32. The van der Waals surface area contributed by atoms with Crippen LogP contribution in [-0.4, -0.2) is 44.5 Å². The summed E-state index contributed by atoms with van der Waals surface area (Å²) in [4.78, 5) is 63.8. The molecule has 3 amide bonds. The number of benzene rings is 2. The molecule has 0 unspecified atom stereocenters. The summed E-state index contributed by atoms with van der Waals surface area (Å²) in [6.45, 7) is 3.34. The quantitative estimate of drug-likeness (QED) is 0.214. The number of hydrazine groups is 1. The molecule has 0 aromatic heterocycles. The molecule has 0 radical (unpaired) electrons. The molecule has 3 atom stereocenters. The van der Waals surface area contributed by atoms with Crippen LogP contribution in [0.5, 0.6) is 0 Å². The van der Waals surface area contributed by atoms with E-state index in [1.54, 1.807) is 24.3 Å². The smallest absolute Gasteiger partial charge is 0.273 e. The highest BCUT2D eigenvalue weighted by molar-refractivity contribution is 6.10. The van der Waals surface area contributed by atoms with Crippen molar-refractivity contribution < 1.29 is 24.1 Å². The van der Waals surface area contributed by atoms with Gasteiger partial charge in [-0.2, -0.15) is 5.01 Å². The standard InChI is InChI=1S/C25H23N3O6/c1-15-7-9-17(10-8-15)22(29)16(2)26(23(30)18-11-13-19(14-12-18)28(33)34)27-24(31)20-5-3-4-6-21(20)25(27)32/h3-4,7-14,16,20-21H,5-6H2,1-2H3/t16-,20-,21+/m1/s1. The van der Waals surface area contributed by atoms with Crippen LogP contribution >= 0.6 is 0 Å². The van der Waals surface area contributed by atoms with Crippen molar-refractivity contribution in [1.29, 1.82) is 0 Å². The van der Waals surface area contributed by atoms with Crippen molar-refractivity contribution in [3.05, 3.63) is 87.5 Å². The maximum Gasteiger partial charge on any atom is 0.273 e. The van der Waals surface area contributed by atoms with Gasteiger partial charge in [-0.1, -0.05) is 42.0 Å². The highest BCUT2D eigenvalue weighted by Crippen LogP contribution is 2.37. The monoisotopic (exact) mass is 461 g/mol. The Hall–Kier alpha value is -4.14. The number of nitro groups is 1. The summed E-state index contributed by atoms with van der Waals surface area (Å²) in [5, 5.41) is 12.7. The van der Waals surface area contributed by atoms with Gasteiger partial charge in [-0.25, -0.2) is 5.01 Å². The van der Waals surface area contributed by atoms with Crippen molar-refractivity contribution in [1.82, 2.24) is 10.0 Å². The molecule has 34 heavy (non-hydrogen) atoms. The predicted molar refractivity (Wildman–Crippen MR) is 121 cm³/mol. The Morgan fingerprint density at radius 3 is 1.94 bits per heavy atom. The summed E-state index contributed by atoms with van der Waals surface area (Å²) in [6.07, 6.45) is 4.43. The van der Waals surface area contributed by atoms with Gasteiger partial charge in [0.05, 0.1) is 16.8 Å². The third-order valence-electron chi connectivity index (χ3n) is 6.32. The Labute approximate surface area is 195 Å². The van der Waals surface area contributed by atoms with Crippen LogP contribution in [0.4, 0.5) is 5.69 Å². The molecule has 1 aliphatic carbocycles. The summed E-state index contributed by atoms with van der Waals surface area (Å²) in [6, 6.07) is 10.4. The fourth-order valence-corrected chi connectivity index (χ4v) is 4.36. The number of amides is 3. The number of carbonyl (C=O) groups excluding carboxylic acids is 4. The van der Waals surface area contributed by atoms with Crippen LogP contribution in [0.25, 0.3) is 0 Å². The van der Waals surface area contributed by atoms with E-state index in [9.17, 15) is 29.3 Å². The van der Waals surface area contributed by atoms with E-state index in [4.69, 9.17) is 0 Å². The molecule has 4 rings (SSSR count). The minimum absolute atomic E-state index is 0.0164. The van der Waals surface area contributed by atoms with Crippen LogP contribution in [-0.2, 0) is 9.59 Å². The molecule has 1 saturated heterocycles. The molecule has 174 valence electrons. The number of carbonyl (C=O) groups is 4. The van der Waals surface area contributed by atoms with Crippen molar-refractivity contribution in [2.45, 2.75) is 32.7 Å². The molecule has 0 bridgehead atoms. The van der Waals surface area contributed by atoms with Crippen molar-refractivity contribution in [3.8, 4) is 0 Å². The molecule has 9 nitrogen and oxygen atoms in total. The van der Waals surface area contributed by atoms with Gasteiger partial charge >= 0.3 is 0 Å². The maximum atomic E-state index is 13.6. The van der Waals surface area contributed by atoms with Gasteiger partial charge in [-0.3, -0.25) is 29.3 Å². The van der Waals surface area contributed by atoms with Gasteiger partial charge in [-0.15, -0.1) is 0 Å². The van der Waals surface area contributed by atoms with Gasteiger partial charge < -0.3 is 0 Å². The maximum absolute atomic E-state index is 13.6. The number of aryl methyl sites for hydroxylation is 1. The molecule has 0 saturated carbocycles. The molecule has 9 heteroatoms. The Balaban J connectivity index is 1.74. The highest BCUT2D eigenvalue weighted by atomic mass is 16.6. The Morgan fingerprint density at radius 2 is 1.44 bits per heavy atom. The van der Waals surface area contributed by atoms with E-state index in [1.807, 2.05) is 19.1 Å². The molecule has 2 aromatic carbocycles. The summed E-state index contributed by atoms with van der Waals surface area (Å²) < 4.78 is 0. The molecule has 1 fully saturated rings. The van der Waals surface area contributed by atoms with E-state index in [0.717, 1.165) is 27.7 Å². The first-order valence-electron chi connectivity index (χ1n) is 10.9. The molecular weight excluding hydrogens is 438 g/mol. The second kappa shape index (κ2) is 9.01. The summed E-state index contributed by atoms with van der Waals surface area (Å²) in [7, 11) is 0. The lowest BCUT2D eigenvalue weighted by Crippen LogP contribution is -2.56. The van der Waals surface area contributed by atoms with Crippen LogP contribution in [0.3, 0.4) is 0 Å². The van der Waals surface area contributed by atoms with Crippen LogP contribution in [0.1, 0.15) is 46.0 Å². The lowest BCUT2D eigenvalue weighted by atomic mass is 9.85. The molecule has 1 heterocycles. The number of hydrogen-bond acceptors (Lipinski definition) is 6. The van der Waals surface area contributed by atoms with Crippen LogP contribution < -0.4 is 0 Å². The number of ketones is 1. The number of non-ortho nitro benzene ring substituents is 1. The molecule has 1 aliphatic heterocycles. The molecule has 0 N–H and O–H groups in total. The van der Waals surface area contributed by atoms with Crippen molar-refractivity contribution >= 4 is 29.2 Å². The average molecular weight is 461 g/mol.